The van der Waals surface area contributed by atoms with E-state index in [9.17, 15) is 8.78 Å². The fourth-order valence-electron chi connectivity index (χ4n) is 0.769. The summed E-state index contributed by atoms with van der Waals surface area (Å²) < 4.78 is 27.7. The first-order valence-electron chi connectivity index (χ1n) is 3.31. The molecular weight excluding hydrogens is 166 g/mol. The van der Waals surface area contributed by atoms with Gasteiger partial charge in [-0.3, -0.25) is 0 Å². The molecule has 0 aromatic carbocycles. The first-order valence-corrected chi connectivity index (χ1v) is 3.31. The molecule has 0 saturated carbocycles. The van der Waals surface area contributed by atoms with Gasteiger partial charge in [0.15, 0.2) is 11.6 Å². The molecule has 0 radical (unpaired) electrons. The van der Waals surface area contributed by atoms with Crippen LogP contribution in [-0.4, -0.2) is 18.6 Å². The quantitative estimate of drug-likeness (QED) is 0.757. The highest BCUT2D eigenvalue weighted by atomic mass is 19.3. The molecule has 0 saturated heterocycles. The molecule has 0 amide bonds. The van der Waals surface area contributed by atoms with Crippen LogP contribution in [0.25, 0.3) is 0 Å². The molecule has 0 unspecified atom stereocenters. The Kier molecular flexibility index (Phi) is 2.79. The van der Waals surface area contributed by atoms with Crippen molar-refractivity contribution in [3.05, 3.63) is 18.3 Å². The Labute approximate surface area is 68.4 Å². The number of alkyl halides is 2. The second-order valence-corrected chi connectivity index (χ2v) is 1.98. The van der Waals surface area contributed by atoms with Crippen molar-refractivity contribution >= 4 is 5.82 Å². The van der Waals surface area contributed by atoms with Crippen molar-refractivity contribution in [3.63, 3.8) is 0 Å². The van der Waals surface area contributed by atoms with Gasteiger partial charge in [-0.2, -0.15) is 8.78 Å². The maximum Gasteiger partial charge on any atom is 0.387 e. The molecule has 0 atom stereocenters. The van der Waals surface area contributed by atoms with Gasteiger partial charge in [0.1, 0.15) is 0 Å². The van der Waals surface area contributed by atoms with Gasteiger partial charge in [-0.25, -0.2) is 4.98 Å². The Bertz CT molecular complexity index is 255. The zero-order chi connectivity index (χ0) is 8.97. The predicted molar refractivity (Wildman–Crippen MR) is 40.4 cm³/mol. The number of aromatic nitrogens is 1. The molecule has 1 aromatic rings. The number of halogens is 2. The number of nitrogens with zero attached hydrogens (tertiary/aromatic N) is 1. The van der Waals surface area contributed by atoms with Gasteiger partial charge in [0.2, 0.25) is 0 Å². The molecule has 1 aromatic heterocycles. The van der Waals surface area contributed by atoms with Gasteiger partial charge in [-0.1, -0.05) is 0 Å². The highest BCUT2D eigenvalue weighted by Crippen LogP contribution is 2.21. The smallest absolute Gasteiger partial charge is 0.387 e. The standard InChI is InChI=1S/C7H8F2N2O/c1-10-6-5(12-7(8)9)3-2-4-11-6/h2-4,7H,1H3,(H,10,11). The Morgan fingerprint density at radius 1 is 1.58 bits per heavy atom. The van der Waals surface area contributed by atoms with Crippen LogP contribution in [0.15, 0.2) is 18.3 Å². The summed E-state index contributed by atoms with van der Waals surface area (Å²) in [6.45, 7) is -2.82. The molecule has 0 aliphatic rings. The lowest BCUT2D eigenvalue weighted by molar-refractivity contribution is -0.0495. The number of hydrogen-bond acceptors (Lipinski definition) is 3. The number of nitrogens with one attached hydrogen (secondary N) is 1. The molecule has 0 aliphatic heterocycles. The summed E-state index contributed by atoms with van der Waals surface area (Å²) in [5, 5.41) is 2.63. The van der Waals surface area contributed by atoms with E-state index >= 15 is 0 Å². The van der Waals surface area contributed by atoms with E-state index in [4.69, 9.17) is 0 Å². The van der Waals surface area contributed by atoms with E-state index in [1.54, 1.807) is 7.05 Å². The number of hydrogen-bond donors (Lipinski definition) is 1. The molecule has 0 bridgehead atoms. The summed E-state index contributed by atoms with van der Waals surface area (Å²) in [7, 11) is 1.58. The van der Waals surface area contributed by atoms with E-state index in [0.29, 0.717) is 5.82 Å². The lowest BCUT2D eigenvalue weighted by atomic mass is 10.4. The van der Waals surface area contributed by atoms with Crippen LogP contribution in [0, 0.1) is 0 Å². The Balaban J connectivity index is 2.82. The molecule has 1 heterocycles. The van der Waals surface area contributed by atoms with E-state index < -0.39 is 6.61 Å². The van der Waals surface area contributed by atoms with E-state index in [2.05, 4.69) is 15.0 Å². The topological polar surface area (TPSA) is 34.2 Å². The third-order valence-corrected chi connectivity index (χ3v) is 1.22. The summed E-state index contributed by atoms with van der Waals surface area (Å²) >= 11 is 0. The summed E-state index contributed by atoms with van der Waals surface area (Å²) in [5.41, 5.74) is 0. The molecule has 0 spiro atoms. The molecule has 0 fully saturated rings. The fourth-order valence-corrected chi connectivity index (χ4v) is 0.769. The van der Waals surface area contributed by atoms with Crippen LogP contribution >= 0.6 is 0 Å². The summed E-state index contributed by atoms with van der Waals surface area (Å²) in [6, 6.07) is 2.95. The summed E-state index contributed by atoms with van der Waals surface area (Å²) in [5.74, 6) is 0.354. The number of anilines is 1. The highest BCUT2D eigenvalue weighted by Gasteiger charge is 2.07. The summed E-state index contributed by atoms with van der Waals surface area (Å²) in [6.07, 6.45) is 1.49. The van der Waals surface area contributed by atoms with Gasteiger partial charge in [0.25, 0.3) is 0 Å². The van der Waals surface area contributed by atoms with Gasteiger partial charge in [0, 0.05) is 13.2 Å². The van der Waals surface area contributed by atoms with Crippen molar-refractivity contribution in [1.82, 2.24) is 4.98 Å². The van der Waals surface area contributed by atoms with Crippen molar-refractivity contribution in [1.29, 1.82) is 0 Å². The van der Waals surface area contributed by atoms with Gasteiger partial charge in [0.05, 0.1) is 0 Å². The highest BCUT2D eigenvalue weighted by molar-refractivity contribution is 5.48. The SMILES string of the molecule is CNc1ncccc1OC(F)F. The average molecular weight is 174 g/mol. The van der Waals surface area contributed by atoms with E-state index in [-0.39, 0.29) is 5.75 Å². The molecule has 1 N–H and O–H groups in total. The minimum atomic E-state index is -2.82. The van der Waals surface area contributed by atoms with Crippen molar-refractivity contribution in [2.45, 2.75) is 6.61 Å². The Hall–Kier alpha value is -1.39. The first-order chi connectivity index (χ1) is 5.74. The van der Waals surface area contributed by atoms with E-state index in [0.717, 1.165) is 0 Å². The van der Waals surface area contributed by atoms with Crippen LogP contribution in [0.3, 0.4) is 0 Å². The molecule has 3 nitrogen and oxygen atoms in total. The van der Waals surface area contributed by atoms with Gasteiger partial charge >= 0.3 is 6.61 Å². The largest absolute Gasteiger partial charge is 0.431 e. The minimum absolute atomic E-state index is 0.0509. The Morgan fingerprint density at radius 3 is 2.92 bits per heavy atom. The molecule has 1 rings (SSSR count). The average Bonchev–Trinajstić information content (AvgIpc) is 2.04. The summed E-state index contributed by atoms with van der Waals surface area (Å²) in [4.78, 5) is 3.78. The van der Waals surface area contributed by atoms with E-state index in [1.807, 2.05) is 0 Å². The maximum absolute atomic E-state index is 11.8. The monoisotopic (exact) mass is 174 g/mol. The number of rotatable bonds is 3. The molecular formula is C7H8F2N2O. The van der Waals surface area contributed by atoms with Crippen molar-refractivity contribution in [3.8, 4) is 5.75 Å². The molecule has 12 heavy (non-hydrogen) atoms. The third kappa shape index (κ3) is 2.05. The van der Waals surface area contributed by atoms with Crippen molar-refractivity contribution in [2.24, 2.45) is 0 Å². The Morgan fingerprint density at radius 2 is 2.33 bits per heavy atom. The van der Waals surface area contributed by atoms with Gasteiger partial charge in [-0.05, 0) is 12.1 Å². The van der Waals surface area contributed by atoms with E-state index in [1.165, 1.54) is 18.3 Å². The lowest BCUT2D eigenvalue weighted by Gasteiger charge is -2.07. The van der Waals surface area contributed by atoms with Gasteiger partial charge in [-0.15, -0.1) is 0 Å². The third-order valence-electron chi connectivity index (χ3n) is 1.22. The predicted octanol–water partition coefficient (Wildman–Crippen LogP) is 1.72. The molecule has 0 aliphatic carbocycles. The van der Waals surface area contributed by atoms with Crippen LogP contribution in [-0.2, 0) is 0 Å². The van der Waals surface area contributed by atoms with Crippen LogP contribution in [0.1, 0.15) is 0 Å². The fraction of sp³-hybridized carbons (Fsp3) is 0.286. The second-order valence-electron chi connectivity index (χ2n) is 1.98. The zero-order valence-electron chi connectivity index (χ0n) is 6.42. The van der Waals surface area contributed by atoms with Crippen LogP contribution < -0.4 is 10.1 Å². The second kappa shape index (κ2) is 3.85. The van der Waals surface area contributed by atoms with Gasteiger partial charge < -0.3 is 10.1 Å². The molecule has 66 valence electrons. The maximum atomic E-state index is 11.8. The first kappa shape index (κ1) is 8.70. The van der Waals surface area contributed by atoms with Crippen LogP contribution in [0.5, 0.6) is 5.75 Å². The molecule has 5 heteroatoms. The van der Waals surface area contributed by atoms with Crippen LogP contribution in [0.4, 0.5) is 14.6 Å². The van der Waals surface area contributed by atoms with Crippen LogP contribution in [0.2, 0.25) is 0 Å². The zero-order valence-corrected chi connectivity index (χ0v) is 6.42. The van der Waals surface area contributed by atoms with Crippen molar-refractivity contribution < 1.29 is 13.5 Å². The normalized spacial score (nSPS) is 10.0. The number of ether oxygens (including phenoxy) is 1. The van der Waals surface area contributed by atoms with Crippen molar-refractivity contribution in [2.75, 3.05) is 12.4 Å². The lowest BCUT2D eigenvalue weighted by Crippen LogP contribution is -2.05. The number of pyridine rings is 1. The minimum Gasteiger partial charge on any atom is -0.431 e.